The fraction of sp³-hybridized carbons (Fsp3) is 0.500. The summed E-state index contributed by atoms with van der Waals surface area (Å²) in [5.74, 6) is 0.488. The SMILES string of the molecule is C.CC(C)Oc1ccc(C(=O)N[C@H](CCO)Cc2ccc(NC(=O)C3CCCCC3)cc2)cc1Cl. The van der Waals surface area contributed by atoms with Crippen LogP contribution < -0.4 is 15.4 Å². The van der Waals surface area contributed by atoms with Gasteiger partial charge in [-0.1, -0.05) is 50.4 Å². The highest BCUT2D eigenvalue weighted by atomic mass is 35.5. The predicted octanol–water partition coefficient (Wildman–Crippen LogP) is 6.01. The van der Waals surface area contributed by atoms with Crippen LogP contribution in [0.25, 0.3) is 0 Å². The Morgan fingerprint density at radius 2 is 1.77 bits per heavy atom. The van der Waals surface area contributed by atoms with Gasteiger partial charge >= 0.3 is 0 Å². The van der Waals surface area contributed by atoms with E-state index in [-0.39, 0.29) is 43.9 Å². The normalized spacial score (nSPS) is 14.7. The molecule has 7 heteroatoms. The molecular formula is C28H39ClN2O4. The van der Waals surface area contributed by atoms with E-state index in [4.69, 9.17) is 16.3 Å². The Kier molecular flexibility index (Phi) is 11.5. The summed E-state index contributed by atoms with van der Waals surface area (Å²) in [5.41, 5.74) is 2.22. The highest BCUT2D eigenvalue weighted by Crippen LogP contribution is 2.27. The summed E-state index contributed by atoms with van der Waals surface area (Å²) in [6, 6.07) is 12.4. The Balaban J connectivity index is 0.00000432. The lowest BCUT2D eigenvalue weighted by atomic mass is 9.88. The molecule has 0 aliphatic heterocycles. The first kappa shape index (κ1) is 28.7. The van der Waals surface area contributed by atoms with Crippen molar-refractivity contribution in [2.24, 2.45) is 5.92 Å². The summed E-state index contributed by atoms with van der Waals surface area (Å²) in [6.45, 7) is 3.78. The minimum absolute atomic E-state index is 0. The Morgan fingerprint density at radius 3 is 2.37 bits per heavy atom. The van der Waals surface area contributed by atoms with Gasteiger partial charge in [0.25, 0.3) is 5.91 Å². The van der Waals surface area contributed by atoms with Crippen molar-refractivity contribution in [1.82, 2.24) is 5.32 Å². The molecule has 0 bridgehead atoms. The van der Waals surface area contributed by atoms with Crippen LogP contribution in [0.4, 0.5) is 5.69 Å². The smallest absolute Gasteiger partial charge is 0.251 e. The van der Waals surface area contributed by atoms with E-state index in [0.29, 0.717) is 29.2 Å². The van der Waals surface area contributed by atoms with Gasteiger partial charge in [-0.3, -0.25) is 9.59 Å². The van der Waals surface area contributed by atoms with Gasteiger partial charge in [0, 0.05) is 29.8 Å². The van der Waals surface area contributed by atoms with Crippen molar-refractivity contribution in [3.63, 3.8) is 0 Å². The molecule has 0 heterocycles. The lowest BCUT2D eigenvalue weighted by Crippen LogP contribution is -2.37. The number of halogens is 1. The summed E-state index contributed by atoms with van der Waals surface area (Å²) < 4.78 is 5.62. The van der Waals surface area contributed by atoms with Gasteiger partial charge in [0.15, 0.2) is 0 Å². The third-order valence-corrected chi connectivity index (χ3v) is 6.34. The average Bonchev–Trinajstić information content (AvgIpc) is 2.82. The molecule has 1 aliphatic carbocycles. The third kappa shape index (κ3) is 8.86. The molecule has 3 N–H and O–H groups in total. The van der Waals surface area contributed by atoms with Crippen LogP contribution in [0.1, 0.15) is 75.7 Å². The lowest BCUT2D eigenvalue weighted by Gasteiger charge is -2.21. The molecule has 192 valence electrons. The molecule has 35 heavy (non-hydrogen) atoms. The first-order chi connectivity index (χ1) is 16.4. The number of carbonyl (C=O) groups excluding carboxylic acids is 2. The molecule has 6 nitrogen and oxygen atoms in total. The lowest BCUT2D eigenvalue weighted by molar-refractivity contribution is -0.120. The number of ether oxygens (including phenoxy) is 1. The number of aliphatic hydroxyl groups excluding tert-OH is 1. The van der Waals surface area contributed by atoms with E-state index in [2.05, 4.69) is 10.6 Å². The van der Waals surface area contributed by atoms with Crippen molar-refractivity contribution in [3.05, 3.63) is 58.6 Å². The molecule has 2 aromatic rings. The number of benzene rings is 2. The van der Waals surface area contributed by atoms with Gasteiger partial charge in [-0.15, -0.1) is 0 Å². The molecular weight excluding hydrogens is 464 g/mol. The largest absolute Gasteiger partial charge is 0.489 e. The van der Waals surface area contributed by atoms with Gasteiger partial charge in [0.1, 0.15) is 5.75 Å². The van der Waals surface area contributed by atoms with Gasteiger partial charge in [-0.25, -0.2) is 0 Å². The van der Waals surface area contributed by atoms with E-state index in [1.807, 2.05) is 38.1 Å². The maximum absolute atomic E-state index is 12.8. The maximum Gasteiger partial charge on any atom is 0.251 e. The maximum atomic E-state index is 12.8. The molecule has 0 aromatic heterocycles. The Labute approximate surface area is 214 Å². The molecule has 3 rings (SSSR count). The van der Waals surface area contributed by atoms with Gasteiger partial charge in [0.05, 0.1) is 11.1 Å². The number of hydrogen-bond acceptors (Lipinski definition) is 4. The van der Waals surface area contributed by atoms with E-state index in [1.54, 1.807) is 18.2 Å². The molecule has 1 fully saturated rings. The van der Waals surface area contributed by atoms with Crippen LogP contribution in [0.3, 0.4) is 0 Å². The number of amides is 2. The number of nitrogens with one attached hydrogen (secondary N) is 2. The second-order valence-electron chi connectivity index (χ2n) is 9.22. The topological polar surface area (TPSA) is 87.7 Å². The second-order valence-corrected chi connectivity index (χ2v) is 9.63. The summed E-state index contributed by atoms with van der Waals surface area (Å²) in [5, 5.41) is 15.9. The van der Waals surface area contributed by atoms with Crippen LogP contribution >= 0.6 is 11.6 Å². The van der Waals surface area contributed by atoms with Crippen molar-refractivity contribution >= 4 is 29.1 Å². The van der Waals surface area contributed by atoms with Crippen molar-refractivity contribution in [2.75, 3.05) is 11.9 Å². The number of carbonyl (C=O) groups is 2. The zero-order valence-electron chi connectivity index (χ0n) is 20.0. The molecule has 0 saturated heterocycles. The standard InChI is InChI=1S/C27H35ClN2O4.CH4/c1-18(2)34-25-13-10-21(17-24(25)28)27(33)30-23(14-15-31)16-19-8-11-22(12-9-19)29-26(32)20-6-4-3-5-7-20;/h8-13,17-18,20,23,31H,3-7,14-16H2,1-2H3,(H,29,32)(H,30,33);1H4/t23-;/m1./s1. The number of rotatable bonds is 10. The van der Waals surface area contributed by atoms with E-state index >= 15 is 0 Å². The third-order valence-electron chi connectivity index (χ3n) is 6.05. The van der Waals surface area contributed by atoms with Gasteiger partial charge in [-0.2, -0.15) is 0 Å². The van der Waals surface area contributed by atoms with Gasteiger partial charge in [-0.05, 0) is 75.4 Å². The number of aliphatic hydroxyl groups is 1. The summed E-state index contributed by atoms with van der Waals surface area (Å²) in [7, 11) is 0. The average molecular weight is 503 g/mol. The van der Waals surface area contributed by atoms with Crippen molar-refractivity contribution in [2.45, 2.75) is 78.4 Å². The van der Waals surface area contributed by atoms with Gasteiger partial charge in [0.2, 0.25) is 5.91 Å². The Hall–Kier alpha value is -2.57. The van der Waals surface area contributed by atoms with Crippen LogP contribution in [0, 0.1) is 5.92 Å². The molecule has 2 aromatic carbocycles. The van der Waals surface area contributed by atoms with Crippen molar-refractivity contribution < 1.29 is 19.4 Å². The highest BCUT2D eigenvalue weighted by Gasteiger charge is 2.21. The molecule has 0 spiro atoms. The second kappa shape index (κ2) is 14.1. The monoisotopic (exact) mass is 502 g/mol. The van der Waals surface area contributed by atoms with E-state index in [1.165, 1.54) is 6.42 Å². The molecule has 1 saturated carbocycles. The van der Waals surface area contributed by atoms with Crippen LogP contribution in [0.2, 0.25) is 5.02 Å². The molecule has 1 atom stereocenters. The number of hydrogen-bond donors (Lipinski definition) is 3. The summed E-state index contributed by atoms with van der Waals surface area (Å²) in [6.07, 6.45) is 6.36. The Bertz CT molecular complexity index is 956. The number of anilines is 1. The minimum atomic E-state index is -0.257. The van der Waals surface area contributed by atoms with Crippen LogP contribution in [-0.2, 0) is 11.2 Å². The summed E-state index contributed by atoms with van der Waals surface area (Å²) in [4.78, 5) is 25.3. The van der Waals surface area contributed by atoms with Crippen molar-refractivity contribution in [3.8, 4) is 5.75 Å². The van der Waals surface area contributed by atoms with Crippen LogP contribution in [-0.4, -0.2) is 35.7 Å². The van der Waals surface area contributed by atoms with Gasteiger partial charge < -0.3 is 20.5 Å². The van der Waals surface area contributed by atoms with E-state index in [9.17, 15) is 14.7 Å². The quantitative estimate of drug-likeness (QED) is 0.371. The van der Waals surface area contributed by atoms with Crippen LogP contribution in [0.5, 0.6) is 5.75 Å². The predicted molar refractivity (Wildman–Crippen MR) is 142 cm³/mol. The van der Waals surface area contributed by atoms with E-state index in [0.717, 1.165) is 36.9 Å². The zero-order chi connectivity index (χ0) is 24.5. The van der Waals surface area contributed by atoms with Crippen LogP contribution in [0.15, 0.2) is 42.5 Å². The molecule has 2 amide bonds. The minimum Gasteiger partial charge on any atom is -0.489 e. The molecule has 0 unspecified atom stereocenters. The zero-order valence-corrected chi connectivity index (χ0v) is 20.7. The first-order valence-electron chi connectivity index (χ1n) is 12.1. The summed E-state index contributed by atoms with van der Waals surface area (Å²) >= 11 is 6.27. The fourth-order valence-corrected chi connectivity index (χ4v) is 4.48. The fourth-order valence-electron chi connectivity index (χ4n) is 4.26. The first-order valence-corrected chi connectivity index (χ1v) is 12.5. The Morgan fingerprint density at radius 1 is 1.09 bits per heavy atom. The van der Waals surface area contributed by atoms with E-state index < -0.39 is 0 Å². The highest BCUT2D eigenvalue weighted by molar-refractivity contribution is 6.32. The van der Waals surface area contributed by atoms with Crippen molar-refractivity contribution in [1.29, 1.82) is 0 Å². The molecule has 0 radical (unpaired) electrons. The molecule has 1 aliphatic rings.